The minimum atomic E-state index is -0.216. The van der Waals surface area contributed by atoms with Gasteiger partial charge in [0.2, 0.25) is 0 Å². The average Bonchev–Trinajstić information content (AvgIpc) is 2.87. The van der Waals surface area contributed by atoms with Gasteiger partial charge in [-0.1, -0.05) is 43.3 Å². The Morgan fingerprint density at radius 1 is 1.10 bits per heavy atom. The molecule has 3 rings (SSSR count). The van der Waals surface area contributed by atoms with Crippen LogP contribution < -0.4 is 0 Å². The van der Waals surface area contributed by atoms with Crippen molar-refractivity contribution in [2.45, 2.75) is 19.9 Å². The van der Waals surface area contributed by atoms with E-state index in [0.717, 1.165) is 17.3 Å². The van der Waals surface area contributed by atoms with Crippen LogP contribution in [0, 0.1) is 17.1 Å². The second kappa shape index (κ2) is 5.41. The van der Waals surface area contributed by atoms with E-state index in [-0.39, 0.29) is 5.82 Å². The van der Waals surface area contributed by atoms with Crippen molar-refractivity contribution in [2.75, 3.05) is 0 Å². The van der Waals surface area contributed by atoms with E-state index in [1.165, 1.54) is 11.6 Å². The number of halogens is 1. The predicted molar refractivity (Wildman–Crippen MR) is 81.5 cm³/mol. The molecular weight excluding hydrogens is 263 g/mol. The highest BCUT2D eigenvalue weighted by Crippen LogP contribution is 2.26. The van der Waals surface area contributed by atoms with E-state index >= 15 is 0 Å². The summed E-state index contributed by atoms with van der Waals surface area (Å²) in [5, 5.41) is 10.2. The lowest BCUT2D eigenvalue weighted by Crippen LogP contribution is -2.02. The Kier molecular flexibility index (Phi) is 3.45. The van der Waals surface area contributed by atoms with E-state index in [1.54, 1.807) is 12.1 Å². The first-order chi connectivity index (χ1) is 10.2. The van der Waals surface area contributed by atoms with Crippen LogP contribution >= 0.6 is 0 Å². The zero-order chi connectivity index (χ0) is 14.8. The number of nitrogens with zero attached hydrogens (tertiary/aromatic N) is 2. The van der Waals surface area contributed by atoms with Gasteiger partial charge < -0.3 is 4.57 Å². The highest BCUT2D eigenvalue weighted by molar-refractivity contribution is 5.89. The molecule has 2 aromatic carbocycles. The Hall–Kier alpha value is -2.60. The topological polar surface area (TPSA) is 28.7 Å². The molecule has 2 nitrogen and oxygen atoms in total. The largest absolute Gasteiger partial charge is 0.341 e. The van der Waals surface area contributed by atoms with Crippen molar-refractivity contribution >= 4 is 10.9 Å². The minimum Gasteiger partial charge on any atom is -0.341 e. The van der Waals surface area contributed by atoms with Gasteiger partial charge in [0.1, 0.15) is 11.9 Å². The molecule has 0 N–H and O–H groups in total. The fourth-order valence-electron chi connectivity index (χ4n) is 2.75. The maximum absolute atomic E-state index is 13.9. The van der Waals surface area contributed by atoms with Gasteiger partial charge in [0.05, 0.1) is 17.6 Å². The third-order valence-electron chi connectivity index (χ3n) is 3.78. The van der Waals surface area contributed by atoms with Crippen LogP contribution in [0.2, 0.25) is 0 Å². The lowest BCUT2D eigenvalue weighted by molar-refractivity contribution is 0.602. The van der Waals surface area contributed by atoms with E-state index in [9.17, 15) is 9.65 Å². The van der Waals surface area contributed by atoms with Crippen molar-refractivity contribution in [3.63, 3.8) is 0 Å². The first-order valence-electron chi connectivity index (χ1n) is 6.98. The van der Waals surface area contributed by atoms with E-state index in [4.69, 9.17) is 0 Å². The molecule has 0 radical (unpaired) electrons. The molecule has 0 aliphatic rings. The van der Waals surface area contributed by atoms with Crippen molar-refractivity contribution in [3.8, 4) is 6.07 Å². The van der Waals surface area contributed by atoms with Crippen molar-refractivity contribution < 1.29 is 4.39 Å². The predicted octanol–water partition coefficient (Wildman–Crippen LogP) is 4.26. The number of aryl methyl sites for hydroxylation is 1. The Labute approximate surface area is 123 Å². The SMILES string of the molecule is CCc1cccc2c(C#N)cn(Cc3ccccc3F)c12. The minimum absolute atomic E-state index is 0.216. The summed E-state index contributed by atoms with van der Waals surface area (Å²) in [5.74, 6) is -0.216. The van der Waals surface area contributed by atoms with Crippen molar-refractivity contribution in [1.29, 1.82) is 5.26 Å². The molecular formula is C18H15FN2. The van der Waals surface area contributed by atoms with Gasteiger partial charge in [0, 0.05) is 17.1 Å². The zero-order valence-corrected chi connectivity index (χ0v) is 11.8. The molecule has 0 spiro atoms. The van der Waals surface area contributed by atoms with Crippen molar-refractivity contribution in [2.24, 2.45) is 0 Å². The Bertz CT molecular complexity index is 840. The molecule has 0 bridgehead atoms. The third-order valence-corrected chi connectivity index (χ3v) is 3.78. The Balaban J connectivity index is 2.19. The van der Waals surface area contributed by atoms with Gasteiger partial charge in [-0.3, -0.25) is 0 Å². The standard InChI is InChI=1S/C18H15FN2/c1-2-13-7-5-8-16-15(10-20)12-21(18(13)16)11-14-6-3-4-9-17(14)19/h3-9,12H,2,11H2,1H3. The first-order valence-corrected chi connectivity index (χ1v) is 6.98. The van der Waals surface area contributed by atoms with E-state index in [0.29, 0.717) is 17.7 Å². The number of hydrogen-bond acceptors (Lipinski definition) is 1. The highest BCUT2D eigenvalue weighted by Gasteiger charge is 2.12. The first kappa shape index (κ1) is 13.4. The summed E-state index contributed by atoms with van der Waals surface area (Å²) in [6.45, 7) is 2.52. The van der Waals surface area contributed by atoms with Gasteiger partial charge in [-0.25, -0.2) is 4.39 Å². The van der Waals surface area contributed by atoms with Crippen LogP contribution in [0.3, 0.4) is 0 Å². The number of benzene rings is 2. The molecule has 0 atom stereocenters. The maximum atomic E-state index is 13.9. The summed E-state index contributed by atoms with van der Waals surface area (Å²) < 4.78 is 15.8. The summed E-state index contributed by atoms with van der Waals surface area (Å²) in [6, 6.07) is 15.0. The molecule has 1 heterocycles. The fourth-order valence-corrected chi connectivity index (χ4v) is 2.75. The summed E-state index contributed by atoms with van der Waals surface area (Å²) in [5.41, 5.74) is 3.46. The van der Waals surface area contributed by atoms with Gasteiger partial charge >= 0.3 is 0 Å². The summed E-state index contributed by atoms with van der Waals surface area (Å²) >= 11 is 0. The van der Waals surface area contributed by atoms with Crippen molar-refractivity contribution in [3.05, 3.63) is 71.2 Å². The molecule has 0 unspecified atom stereocenters. The quantitative estimate of drug-likeness (QED) is 0.703. The number of rotatable bonds is 3. The summed E-state index contributed by atoms with van der Waals surface area (Å²) in [7, 11) is 0. The third kappa shape index (κ3) is 2.30. The number of nitriles is 1. The average molecular weight is 278 g/mol. The van der Waals surface area contributed by atoms with Crippen LogP contribution in [0.1, 0.15) is 23.6 Å². The van der Waals surface area contributed by atoms with Crippen molar-refractivity contribution in [1.82, 2.24) is 4.57 Å². The highest BCUT2D eigenvalue weighted by atomic mass is 19.1. The van der Waals surface area contributed by atoms with E-state index in [2.05, 4.69) is 19.1 Å². The van der Waals surface area contributed by atoms with Crippen LogP contribution in [0.25, 0.3) is 10.9 Å². The maximum Gasteiger partial charge on any atom is 0.128 e. The lowest BCUT2D eigenvalue weighted by atomic mass is 10.1. The van der Waals surface area contributed by atoms with Gasteiger partial charge in [0.15, 0.2) is 0 Å². The Morgan fingerprint density at radius 3 is 2.57 bits per heavy atom. The number of fused-ring (bicyclic) bond motifs is 1. The van der Waals surface area contributed by atoms with E-state index in [1.807, 2.05) is 29.0 Å². The zero-order valence-electron chi connectivity index (χ0n) is 11.8. The molecule has 1 aromatic heterocycles. The van der Waals surface area contributed by atoms with Gasteiger partial charge in [-0.05, 0) is 18.1 Å². The van der Waals surface area contributed by atoms with Gasteiger partial charge in [-0.2, -0.15) is 5.26 Å². The smallest absolute Gasteiger partial charge is 0.128 e. The lowest BCUT2D eigenvalue weighted by Gasteiger charge is -2.09. The molecule has 0 saturated heterocycles. The fraction of sp³-hybridized carbons (Fsp3) is 0.167. The molecule has 21 heavy (non-hydrogen) atoms. The van der Waals surface area contributed by atoms with Crippen LogP contribution in [-0.2, 0) is 13.0 Å². The molecule has 0 aliphatic carbocycles. The molecule has 0 aliphatic heterocycles. The molecule has 0 amide bonds. The number of hydrogen-bond donors (Lipinski definition) is 0. The number of aromatic nitrogens is 1. The molecule has 104 valence electrons. The molecule has 3 heteroatoms. The normalized spacial score (nSPS) is 10.7. The van der Waals surface area contributed by atoms with Crippen LogP contribution in [0.5, 0.6) is 0 Å². The molecule has 0 saturated carbocycles. The van der Waals surface area contributed by atoms with Gasteiger partial charge in [0.25, 0.3) is 0 Å². The Morgan fingerprint density at radius 2 is 1.86 bits per heavy atom. The molecule has 3 aromatic rings. The molecule has 0 fully saturated rings. The summed E-state index contributed by atoms with van der Waals surface area (Å²) in [4.78, 5) is 0. The second-order valence-electron chi connectivity index (χ2n) is 5.04. The van der Waals surface area contributed by atoms with E-state index < -0.39 is 0 Å². The second-order valence-corrected chi connectivity index (χ2v) is 5.04. The van der Waals surface area contributed by atoms with Crippen LogP contribution in [0.15, 0.2) is 48.7 Å². The van der Waals surface area contributed by atoms with Crippen LogP contribution in [0.4, 0.5) is 4.39 Å². The van der Waals surface area contributed by atoms with Crippen LogP contribution in [-0.4, -0.2) is 4.57 Å². The number of para-hydroxylation sites is 1. The monoisotopic (exact) mass is 278 g/mol. The summed E-state index contributed by atoms with van der Waals surface area (Å²) in [6.07, 6.45) is 2.69. The van der Waals surface area contributed by atoms with Gasteiger partial charge in [-0.15, -0.1) is 0 Å².